The molecule has 14 heteroatoms. The van der Waals surface area contributed by atoms with Gasteiger partial charge in [-0.25, -0.2) is 4.79 Å². The molecule has 4 heterocycles. The molecule has 0 aromatic rings. The van der Waals surface area contributed by atoms with Crippen LogP contribution < -0.4 is 5.32 Å². The van der Waals surface area contributed by atoms with Crippen LogP contribution in [0.4, 0.5) is 0 Å². The number of rotatable bonds is 5. The molecular formula is C22H32N3O10P. The first kappa shape index (κ1) is 25.5. The van der Waals surface area contributed by atoms with Crippen LogP contribution in [0.15, 0.2) is 35.6 Å². The monoisotopic (exact) mass is 529 g/mol. The van der Waals surface area contributed by atoms with Gasteiger partial charge in [-0.15, -0.1) is 0 Å². The van der Waals surface area contributed by atoms with Gasteiger partial charge in [-0.3, -0.25) is 9.88 Å². The Balaban J connectivity index is 1.60. The van der Waals surface area contributed by atoms with E-state index < -0.39 is 55.2 Å². The third-order valence-corrected chi connectivity index (χ3v) is 9.21. The van der Waals surface area contributed by atoms with E-state index in [9.17, 15) is 19.6 Å². The molecule has 3 bridgehead atoms. The van der Waals surface area contributed by atoms with E-state index in [0.29, 0.717) is 19.0 Å². The first-order valence-corrected chi connectivity index (χ1v) is 13.4. The third-order valence-electron chi connectivity index (χ3n) is 6.72. The van der Waals surface area contributed by atoms with Crippen LogP contribution in [0, 0.1) is 0 Å². The Hall–Kier alpha value is -2.12. The average Bonchev–Trinajstić information content (AvgIpc) is 3.01. The van der Waals surface area contributed by atoms with E-state index in [4.69, 9.17) is 28.3 Å². The normalized spacial score (nSPS) is 43.5. The van der Waals surface area contributed by atoms with Gasteiger partial charge in [0.15, 0.2) is 17.8 Å². The van der Waals surface area contributed by atoms with Crippen molar-refractivity contribution in [3.63, 3.8) is 0 Å². The second kappa shape index (κ2) is 8.73. The molecule has 2 unspecified atom stereocenters. The number of nitrogens with one attached hydrogen (secondary N) is 1. The quantitative estimate of drug-likeness (QED) is 0.341. The van der Waals surface area contributed by atoms with Crippen molar-refractivity contribution in [3.05, 3.63) is 35.6 Å². The predicted molar refractivity (Wildman–Crippen MR) is 122 cm³/mol. The summed E-state index contributed by atoms with van der Waals surface area (Å²) in [5, 5.41) is 25.7. The first-order valence-electron chi connectivity index (χ1n) is 11.8. The average molecular weight is 529 g/mol. The van der Waals surface area contributed by atoms with E-state index in [2.05, 4.69) is 5.32 Å². The molecule has 0 aromatic heterocycles. The number of aliphatic hydroxyl groups excluding tert-OH is 1. The van der Waals surface area contributed by atoms with E-state index in [-0.39, 0.29) is 17.9 Å². The van der Waals surface area contributed by atoms with Gasteiger partial charge in [0.1, 0.15) is 29.3 Å². The molecular weight excluding hydrogens is 497 g/mol. The summed E-state index contributed by atoms with van der Waals surface area (Å²) in [5.41, 5.74) is -3.94. The van der Waals surface area contributed by atoms with Crippen molar-refractivity contribution < 1.29 is 47.9 Å². The number of fused-ring (bicyclic) bond motifs is 1. The molecule has 5 aliphatic rings. The molecule has 0 spiro atoms. The van der Waals surface area contributed by atoms with Crippen molar-refractivity contribution in [2.75, 3.05) is 20.3 Å². The second-order valence-electron chi connectivity index (χ2n) is 9.88. The minimum absolute atomic E-state index is 0.148. The van der Waals surface area contributed by atoms with E-state index in [1.54, 1.807) is 24.9 Å². The van der Waals surface area contributed by atoms with Gasteiger partial charge in [-0.2, -0.15) is 0 Å². The van der Waals surface area contributed by atoms with Crippen molar-refractivity contribution in [2.45, 2.75) is 75.8 Å². The van der Waals surface area contributed by atoms with Crippen molar-refractivity contribution in [2.24, 2.45) is 0 Å². The van der Waals surface area contributed by atoms with Gasteiger partial charge in [-0.1, -0.05) is 6.08 Å². The third kappa shape index (κ3) is 3.76. The first-order chi connectivity index (χ1) is 16.9. The zero-order chi connectivity index (χ0) is 26.0. The van der Waals surface area contributed by atoms with Crippen LogP contribution in [-0.2, 0) is 37.7 Å². The van der Waals surface area contributed by atoms with Gasteiger partial charge in [0.2, 0.25) is 0 Å². The minimum Gasteiger partial charge on any atom is -0.459 e. The molecule has 0 radical (unpaired) electrons. The number of carbonyl (C=O) groups is 1. The SMILES string of the molecule is CO[C@H]1CC2=C3C=C1OP(=O)([C@H]1O[C@@H](N4C=CCNC4)[C@](C)(O)[C@H]1O)N(O3)[C@@](C)(C(=O)OC(C)C)O2. The summed E-state index contributed by atoms with van der Waals surface area (Å²) in [7, 11) is -3.09. The summed E-state index contributed by atoms with van der Waals surface area (Å²) in [6.07, 6.45) is 1.14. The van der Waals surface area contributed by atoms with Crippen LogP contribution in [-0.4, -0.2) is 88.0 Å². The van der Waals surface area contributed by atoms with Crippen molar-refractivity contribution in [1.29, 1.82) is 0 Å². The topological polar surface area (TPSA) is 148 Å². The Kier molecular flexibility index (Phi) is 6.19. The number of ether oxygens (including phenoxy) is 4. The Morgan fingerprint density at radius 3 is 2.75 bits per heavy atom. The molecule has 13 nitrogen and oxygen atoms in total. The molecule has 0 aromatic carbocycles. The summed E-state index contributed by atoms with van der Waals surface area (Å²) in [6, 6.07) is 0. The van der Waals surface area contributed by atoms with Crippen LogP contribution in [0.5, 0.6) is 0 Å². The number of hydrogen-bond donors (Lipinski definition) is 3. The highest BCUT2D eigenvalue weighted by atomic mass is 31.2. The highest BCUT2D eigenvalue weighted by Gasteiger charge is 2.70. The summed E-state index contributed by atoms with van der Waals surface area (Å²) >= 11 is 0. The van der Waals surface area contributed by atoms with Gasteiger partial charge in [0.05, 0.1) is 12.8 Å². The molecule has 1 aliphatic carbocycles. The smallest absolute Gasteiger partial charge is 0.386 e. The maximum atomic E-state index is 14.9. The van der Waals surface area contributed by atoms with E-state index in [1.165, 1.54) is 27.0 Å². The van der Waals surface area contributed by atoms with Gasteiger partial charge < -0.3 is 43.4 Å². The van der Waals surface area contributed by atoms with Crippen LogP contribution >= 0.6 is 7.52 Å². The van der Waals surface area contributed by atoms with E-state index in [1.807, 2.05) is 6.08 Å². The lowest BCUT2D eigenvalue weighted by atomic mass is 9.99. The molecule has 0 saturated carbocycles. The van der Waals surface area contributed by atoms with Crippen molar-refractivity contribution in [3.8, 4) is 0 Å². The van der Waals surface area contributed by atoms with E-state index >= 15 is 0 Å². The Morgan fingerprint density at radius 1 is 1.36 bits per heavy atom. The maximum absolute atomic E-state index is 14.9. The number of esters is 1. The largest absolute Gasteiger partial charge is 0.459 e. The molecule has 200 valence electrons. The lowest BCUT2D eigenvalue weighted by Crippen LogP contribution is -2.57. The molecule has 1 saturated heterocycles. The fourth-order valence-electron chi connectivity index (χ4n) is 4.82. The lowest BCUT2D eigenvalue weighted by molar-refractivity contribution is -0.255. The van der Waals surface area contributed by atoms with Gasteiger partial charge in [-0.05, 0) is 20.8 Å². The Morgan fingerprint density at radius 2 is 2.11 bits per heavy atom. The fourth-order valence-corrected chi connectivity index (χ4v) is 7.46. The van der Waals surface area contributed by atoms with Crippen LogP contribution in [0.25, 0.3) is 0 Å². The predicted octanol–water partition coefficient (Wildman–Crippen LogP) is 0.826. The zero-order valence-corrected chi connectivity index (χ0v) is 21.6. The number of aliphatic hydroxyl groups is 2. The van der Waals surface area contributed by atoms with Crippen LogP contribution in [0.3, 0.4) is 0 Å². The summed E-state index contributed by atoms with van der Waals surface area (Å²) in [6.45, 7) is 6.99. The van der Waals surface area contributed by atoms with Gasteiger partial charge in [0.25, 0.3) is 5.72 Å². The molecule has 0 amide bonds. The summed E-state index contributed by atoms with van der Waals surface area (Å²) < 4.78 is 44.1. The number of hydroxylamine groups is 1. The number of nitrogens with zero attached hydrogens (tertiary/aromatic N) is 2. The summed E-state index contributed by atoms with van der Waals surface area (Å²) in [5.74, 6) is -1.88. The molecule has 3 N–H and O–H groups in total. The minimum atomic E-state index is -4.54. The Bertz CT molecular complexity index is 1070. The standard InChI is InChI=1S/C22H32N3O10P/c1-12(2)31-20(27)22(4)25-34-15-10-16(13(30-5)9-14(15)33-22)35-36(25,29)18-17(26)21(3,28)19(32-18)24-8-6-7-23-11-24/h6,8,10,12-13,17-19,23,26,28H,7,9,11H2,1-5H3/t13-,17-,18+,19+,21+,22+,36?/m0/s1. The van der Waals surface area contributed by atoms with Crippen LogP contribution in [0.2, 0.25) is 0 Å². The molecule has 36 heavy (non-hydrogen) atoms. The molecule has 4 aliphatic heterocycles. The van der Waals surface area contributed by atoms with Gasteiger partial charge >= 0.3 is 13.5 Å². The zero-order valence-electron chi connectivity index (χ0n) is 20.7. The second-order valence-corrected chi connectivity index (χ2v) is 12.1. The number of methoxy groups -OCH3 is 1. The number of carbonyl (C=O) groups excluding carboxylic acids is 1. The Labute approximate surface area is 208 Å². The molecule has 5 rings (SSSR count). The van der Waals surface area contributed by atoms with Crippen molar-refractivity contribution in [1.82, 2.24) is 15.1 Å². The van der Waals surface area contributed by atoms with Crippen LogP contribution in [0.1, 0.15) is 34.1 Å². The van der Waals surface area contributed by atoms with E-state index in [0.717, 1.165) is 4.83 Å². The number of hydrogen-bond acceptors (Lipinski definition) is 12. The lowest BCUT2D eigenvalue weighted by Gasteiger charge is -2.44. The van der Waals surface area contributed by atoms with Gasteiger partial charge in [0, 0.05) is 44.1 Å². The molecule has 8 atom stereocenters. The maximum Gasteiger partial charge on any atom is 0.386 e. The summed E-state index contributed by atoms with van der Waals surface area (Å²) in [4.78, 5) is 21.7. The fraction of sp³-hybridized carbons (Fsp3) is 0.682. The highest BCUT2D eigenvalue weighted by molar-refractivity contribution is 7.57. The molecule has 1 fully saturated rings. The highest BCUT2D eigenvalue weighted by Crippen LogP contribution is 2.68. The van der Waals surface area contributed by atoms with Crippen molar-refractivity contribution >= 4 is 13.5 Å². The number of allylic oxidation sites excluding steroid dienone is 1.